The van der Waals surface area contributed by atoms with Gasteiger partial charge in [-0.2, -0.15) is 0 Å². The van der Waals surface area contributed by atoms with Gasteiger partial charge in [0.1, 0.15) is 0 Å². The van der Waals surface area contributed by atoms with Gasteiger partial charge in [0.2, 0.25) is 0 Å². The summed E-state index contributed by atoms with van der Waals surface area (Å²) in [7, 11) is 1.64. The molecule has 2 atom stereocenters. The number of hydrogen-bond donors (Lipinski definition) is 1. The second kappa shape index (κ2) is 7.01. The monoisotopic (exact) mass is 333 g/mol. The van der Waals surface area contributed by atoms with Crippen molar-refractivity contribution in [2.24, 2.45) is 11.3 Å². The third-order valence-electron chi connectivity index (χ3n) is 5.46. The number of aliphatic carboxylic acids is 1. The predicted octanol–water partition coefficient (Wildman–Crippen LogP) is 3.17. The van der Waals surface area contributed by atoms with Gasteiger partial charge in [0, 0.05) is 19.6 Å². The molecule has 2 fully saturated rings. The molecule has 5 heteroatoms. The van der Waals surface area contributed by atoms with Crippen molar-refractivity contribution < 1.29 is 19.4 Å². The van der Waals surface area contributed by atoms with Crippen molar-refractivity contribution in [3.05, 3.63) is 23.8 Å². The van der Waals surface area contributed by atoms with Crippen LogP contribution in [0.5, 0.6) is 11.5 Å². The topological polar surface area (TPSA) is 59.0 Å². The van der Waals surface area contributed by atoms with E-state index in [0.29, 0.717) is 19.1 Å². The number of methoxy groups -OCH3 is 1. The third kappa shape index (κ3) is 3.09. The van der Waals surface area contributed by atoms with Crippen LogP contribution < -0.4 is 9.47 Å². The molecule has 0 spiro atoms. The van der Waals surface area contributed by atoms with Crippen LogP contribution in [0.15, 0.2) is 18.2 Å². The highest BCUT2D eigenvalue weighted by Crippen LogP contribution is 2.49. The first-order valence-corrected chi connectivity index (χ1v) is 8.84. The average Bonchev–Trinajstić information content (AvgIpc) is 3.11. The summed E-state index contributed by atoms with van der Waals surface area (Å²) in [6.07, 6.45) is 3.85. The quantitative estimate of drug-likeness (QED) is 0.830. The Kier molecular flexibility index (Phi) is 4.99. The molecule has 1 aliphatic carbocycles. The van der Waals surface area contributed by atoms with Crippen LogP contribution in [-0.2, 0) is 11.3 Å². The Balaban J connectivity index is 1.72. The summed E-state index contributed by atoms with van der Waals surface area (Å²) in [6, 6.07) is 6.00. The van der Waals surface area contributed by atoms with Gasteiger partial charge in [0.05, 0.1) is 19.1 Å². The minimum Gasteiger partial charge on any atom is -0.493 e. The number of nitrogens with zero attached hydrogens (tertiary/aromatic N) is 1. The summed E-state index contributed by atoms with van der Waals surface area (Å²) in [5, 5.41) is 9.70. The molecular formula is C19H27NO4. The van der Waals surface area contributed by atoms with Crippen molar-refractivity contribution in [2.75, 3.05) is 26.8 Å². The fraction of sp³-hybridized carbons (Fsp3) is 0.632. The minimum absolute atomic E-state index is 0.295. The predicted molar refractivity (Wildman–Crippen MR) is 91.5 cm³/mol. The first kappa shape index (κ1) is 17.1. The van der Waals surface area contributed by atoms with Crippen LogP contribution in [0.4, 0.5) is 0 Å². The van der Waals surface area contributed by atoms with Gasteiger partial charge in [-0.05, 0) is 42.9 Å². The highest BCUT2D eigenvalue weighted by atomic mass is 16.5. The summed E-state index contributed by atoms with van der Waals surface area (Å²) in [5.41, 5.74) is 0.621. The molecule has 1 aliphatic heterocycles. The van der Waals surface area contributed by atoms with E-state index in [0.717, 1.165) is 55.8 Å². The zero-order valence-corrected chi connectivity index (χ0v) is 14.6. The van der Waals surface area contributed by atoms with E-state index >= 15 is 0 Å². The molecule has 2 aliphatic rings. The van der Waals surface area contributed by atoms with Crippen LogP contribution in [0, 0.1) is 11.3 Å². The molecule has 1 saturated carbocycles. The molecule has 0 unspecified atom stereocenters. The summed E-state index contributed by atoms with van der Waals surface area (Å²) >= 11 is 0. The zero-order valence-electron chi connectivity index (χ0n) is 14.6. The summed E-state index contributed by atoms with van der Waals surface area (Å²) in [6.45, 7) is 5.03. The van der Waals surface area contributed by atoms with Crippen LogP contribution in [0.2, 0.25) is 0 Å². The zero-order chi connectivity index (χ0) is 17.2. The third-order valence-corrected chi connectivity index (χ3v) is 5.46. The van der Waals surface area contributed by atoms with E-state index in [1.165, 1.54) is 0 Å². The van der Waals surface area contributed by atoms with E-state index in [-0.39, 0.29) is 0 Å². The maximum atomic E-state index is 11.8. The Bertz CT molecular complexity index is 603. The van der Waals surface area contributed by atoms with Gasteiger partial charge in [0.25, 0.3) is 0 Å². The normalized spacial score (nSPS) is 26.3. The summed E-state index contributed by atoms with van der Waals surface area (Å²) in [5.74, 6) is 1.19. The highest BCUT2D eigenvalue weighted by molar-refractivity contribution is 5.76. The molecular weight excluding hydrogens is 306 g/mol. The number of benzene rings is 1. The molecule has 1 saturated heterocycles. The molecule has 1 heterocycles. The molecule has 132 valence electrons. The number of carboxylic acids is 1. The maximum absolute atomic E-state index is 11.8. The maximum Gasteiger partial charge on any atom is 0.311 e. The standard InChI is InChI=1S/C19H27NO4/c1-3-9-24-17-10-14(6-7-16(17)23-2)11-20-12-15-5-4-8-19(15,13-20)18(21)22/h6-7,10,15H,3-5,8-9,11-13H2,1-2H3,(H,21,22)/t15-,19+/m0/s1. The molecule has 1 aromatic carbocycles. The molecule has 5 nitrogen and oxygen atoms in total. The van der Waals surface area contributed by atoms with Gasteiger partial charge in [-0.15, -0.1) is 0 Å². The van der Waals surface area contributed by atoms with Crippen LogP contribution in [0.25, 0.3) is 0 Å². The van der Waals surface area contributed by atoms with Crippen molar-refractivity contribution in [1.29, 1.82) is 0 Å². The number of rotatable bonds is 7. The molecule has 0 amide bonds. The Morgan fingerprint density at radius 1 is 1.42 bits per heavy atom. The highest BCUT2D eigenvalue weighted by Gasteiger charge is 2.54. The van der Waals surface area contributed by atoms with Crippen molar-refractivity contribution in [3.63, 3.8) is 0 Å². The second-order valence-corrected chi connectivity index (χ2v) is 7.05. The fourth-order valence-electron chi connectivity index (χ4n) is 4.27. The van der Waals surface area contributed by atoms with E-state index in [1.807, 2.05) is 18.2 Å². The number of fused-ring (bicyclic) bond motifs is 1. The SMILES string of the molecule is CCCOc1cc(CN2C[C@@H]3CCC[C@@]3(C(=O)O)C2)ccc1OC. The molecule has 1 aromatic rings. The Morgan fingerprint density at radius 2 is 2.25 bits per heavy atom. The lowest BCUT2D eigenvalue weighted by Gasteiger charge is -2.23. The summed E-state index contributed by atoms with van der Waals surface area (Å²) in [4.78, 5) is 14.1. The Morgan fingerprint density at radius 3 is 2.92 bits per heavy atom. The van der Waals surface area contributed by atoms with Crippen molar-refractivity contribution >= 4 is 5.97 Å². The number of likely N-dealkylation sites (tertiary alicyclic amines) is 1. The van der Waals surface area contributed by atoms with Crippen LogP contribution in [0.1, 0.15) is 38.2 Å². The molecule has 0 radical (unpaired) electrons. The van der Waals surface area contributed by atoms with E-state index in [9.17, 15) is 9.90 Å². The van der Waals surface area contributed by atoms with Crippen LogP contribution >= 0.6 is 0 Å². The Hall–Kier alpha value is -1.75. The molecule has 3 rings (SSSR count). The van der Waals surface area contributed by atoms with Crippen LogP contribution in [0.3, 0.4) is 0 Å². The van der Waals surface area contributed by atoms with Crippen molar-refractivity contribution in [3.8, 4) is 11.5 Å². The largest absolute Gasteiger partial charge is 0.493 e. The minimum atomic E-state index is -0.616. The number of carboxylic acid groups (broad SMARTS) is 1. The number of hydrogen-bond acceptors (Lipinski definition) is 4. The van der Waals surface area contributed by atoms with E-state index in [2.05, 4.69) is 11.8 Å². The van der Waals surface area contributed by atoms with Gasteiger partial charge in [-0.3, -0.25) is 9.69 Å². The van der Waals surface area contributed by atoms with E-state index in [4.69, 9.17) is 9.47 Å². The average molecular weight is 333 g/mol. The number of ether oxygens (including phenoxy) is 2. The van der Waals surface area contributed by atoms with E-state index in [1.54, 1.807) is 7.11 Å². The number of carbonyl (C=O) groups is 1. The smallest absolute Gasteiger partial charge is 0.311 e. The lowest BCUT2D eigenvalue weighted by Crippen LogP contribution is -2.35. The van der Waals surface area contributed by atoms with Gasteiger partial charge in [0.15, 0.2) is 11.5 Å². The lowest BCUT2D eigenvalue weighted by atomic mass is 9.81. The van der Waals surface area contributed by atoms with E-state index < -0.39 is 11.4 Å². The van der Waals surface area contributed by atoms with Gasteiger partial charge in [-0.25, -0.2) is 0 Å². The first-order chi connectivity index (χ1) is 11.6. The van der Waals surface area contributed by atoms with Crippen LogP contribution in [-0.4, -0.2) is 42.8 Å². The van der Waals surface area contributed by atoms with Crippen molar-refractivity contribution in [2.45, 2.75) is 39.2 Å². The molecule has 0 bridgehead atoms. The first-order valence-electron chi connectivity index (χ1n) is 8.84. The fourth-order valence-corrected chi connectivity index (χ4v) is 4.27. The lowest BCUT2D eigenvalue weighted by molar-refractivity contribution is -0.149. The molecule has 1 N–H and O–H groups in total. The van der Waals surface area contributed by atoms with Crippen molar-refractivity contribution in [1.82, 2.24) is 4.90 Å². The molecule has 24 heavy (non-hydrogen) atoms. The second-order valence-electron chi connectivity index (χ2n) is 7.05. The summed E-state index contributed by atoms with van der Waals surface area (Å²) < 4.78 is 11.1. The van der Waals surface area contributed by atoms with Gasteiger partial charge >= 0.3 is 5.97 Å². The Labute approximate surface area is 143 Å². The van der Waals surface area contributed by atoms with Gasteiger partial charge in [-0.1, -0.05) is 19.4 Å². The molecule has 0 aromatic heterocycles. The van der Waals surface area contributed by atoms with Gasteiger partial charge < -0.3 is 14.6 Å².